The van der Waals surface area contributed by atoms with Crippen molar-refractivity contribution < 1.29 is 4.42 Å². The van der Waals surface area contributed by atoms with Gasteiger partial charge >= 0.3 is 0 Å². The van der Waals surface area contributed by atoms with Gasteiger partial charge in [-0.1, -0.05) is 11.8 Å². The third-order valence-electron chi connectivity index (χ3n) is 2.72. The minimum absolute atomic E-state index is 0.651. The number of hydrogen-bond acceptors (Lipinski definition) is 6. The molecule has 0 bridgehead atoms. The van der Waals surface area contributed by atoms with Gasteiger partial charge in [0.2, 0.25) is 5.95 Å². The normalized spacial score (nSPS) is 11.1. The summed E-state index contributed by atoms with van der Waals surface area (Å²) >= 11 is 3.30. The summed E-state index contributed by atoms with van der Waals surface area (Å²) in [4.78, 5) is 12.4. The van der Waals surface area contributed by atoms with Gasteiger partial charge in [0.25, 0.3) is 0 Å². The van der Waals surface area contributed by atoms with Gasteiger partial charge in [-0.2, -0.15) is 0 Å². The molecule has 3 aromatic rings. The number of nitrogens with zero attached hydrogens (tertiary/aromatic N) is 2. The second kappa shape index (κ2) is 4.86. The highest BCUT2D eigenvalue weighted by atomic mass is 32.2. The van der Waals surface area contributed by atoms with Crippen molar-refractivity contribution in [2.24, 2.45) is 0 Å². The molecule has 0 amide bonds. The first kappa shape index (κ1) is 12.5. The van der Waals surface area contributed by atoms with Crippen LogP contribution in [-0.4, -0.2) is 17.0 Å². The molecule has 0 aliphatic heterocycles. The average molecular weight is 291 g/mol. The van der Waals surface area contributed by atoms with E-state index in [1.54, 1.807) is 29.4 Å². The van der Waals surface area contributed by atoms with Gasteiger partial charge in [0, 0.05) is 17.3 Å². The first-order chi connectivity index (χ1) is 9.17. The number of thiophene rings is 1. The van der Waals surface area contributed by atoms with E-state index in [4.69, 9.17) is 4.42 Å². The standard InChI is InChI=1S/C13H13N3OS2/c1-7-6-9-11(18-7)15-13(14-3)16-12(9)19-10-4-5-17-8(10)2/h4-6H,1-3H3,(H,14,15,16). The Kier molecular flexibility index (Phi) is 3.20. The van der Waals surface area contributed by atoms with Crippen LogP contribution in [0.2, 0.25) is 0 Å². The average Bonchev–Trinajstić information content (AvgIpc) is 2.95. The summed E-state index contributed by atoms with van der Waals surface area (Å²) in [5, 5.41) is 5.08. The number of aromatic nitrogens is 2. The lowest BCUT2D eigenvalue weighted by atomic mass is 10.4. The number of hydrogen-bond donors (Lipinski definition) is 1. The highest BCUT2D eigenvalue weighted by Crippen LogP contribution is 2.37. The Morgan fingerprint density at radius 2 is 2.16 bits per heavy atom. The Morgan fingerprint density at radius 3 is 2.84 bits per heavy atom. The number of furan rings is 1. The van der Waals surface area contributed by atoms with Crippen molar-refractivity contribution in [1.29, 1.82) is 0 Å². The molecule has 4 nitrogen and oxygen atoms in total. The summed E-state index contributed by atoms with van der Waals surface area (Å²) in [5.74, 6) is 1.56. The van der Waals surface area contributed by atoms with E-state index < -0.39 is 0 Å². The topological polar surface area (TPSA) is 51.0 Å². The second-order valence-electron chi connectivity index (χ2n) is 4.12. The third kappa shape index (κ3) is 2.33. The van der Waals surface area contributed by atoms with E-state index in [1.165, 1.54) is 4.88 Å². The van der Waals surface area contributed by atoms with Gasteiger partial charge in [-0.05, 0) is 26.0 Å². The predicted molar refractivity (Wildman–Crippen MR) is 79.3 cm³/mol. The van der Waals surface area contributed by atoms with E-state index in [1.807, 2.05) is 20.0 Å². The van der Waals surface area contributed by atoms with Crippen LogP contribution in [0, 0.1) is 13.8 Å². The second-order valence-corrected chi connectivity index (χ2v) is 6.39. The molecule has 19 heavy (non-hydrogen) atoms. The quantitative estimate of drug-likeness (QED) is 0.736. The number of nitrogens with one attached hydrogen (secondary N) is 1. The first-order valence-corrected chi connectivity index (χ1v) is 7.48. The number of aryl methyl sites for hydroxylation is 2. The van der Waals surface area contributed by atoms with E-state index in [0.29, 0.717) is 5.95 Å². The molecule has 0 aliphatic carbocycles. The monoisotopic (exact) mass is 291 g/mol. The van der Waals surface area contributed by atoms with E-state index in [-0.39, 0.29) is 0 Å². The van der Waals surface area contributed by atoms with Gasteiger partial charge in [-0.25, -0.2) is 9.97 Å². The van der Waals surface area contributed by atoms with Crippen LogP contribution in [0.4, 0.5) is 5.95 Å². The van der Waals surface area contributed by atoms with Gasteiger partial charge in [0.1, 0.15) is 15.6 Å². The van der Waals surface area contributed by atoms with Crippen LogP contribution < -0.4 is 5.32 Å². The van der Waals surface area contributed by atoms with Crippen LogP contribution in [0.3, 0.4) is 0 Å². The molecule has 0 saturated carbocycles. The maximum Gasteiger partial charge on any atom is 0.224 e. The third-order valence-corrected chi connectivity index (χ3v) is 4.81. The largest absolute Gasteiger partial charge is 0.468 e. The highest BCUT2D eigenvalue weighted by Gasteiger charge is 2.13. The zero-order valence-corrected chi connectivity index (χ0v) is 12.5. The van der Waals surface area contributed by atoms with Crippen molar-refractivity contribution in [1.82, 2.24) is 9.97 Å². The van der Waals surface area contributed by atoms with Crippen molar-refractivity contribution in [2.75, 3.05) is 12.4 Å². The minimum atomic E-state index is 0.651. The van der Waals surface area contributed by atoms with Crippen molar-refractivity contribution in [2.45, 2.75) is 23.8 Å². The van der Waals surface area contributed by atoms with E-state index in [2.05, 4.69) is 28.3 Å². The van der Waals surface area contributed by atoms with Crippen LogP contribution >= 0.6 is 23.1 Å². The van der Waals surface area contributed by atoms with Crippen LogP contribution in [0.5, 0.6) is 0 Å². The fourth-order valence-electron chi connectivity index (χ4n) is 1.79. The van der Waals surface area contributed by atoms with Gasteiger partial charge in [-0.3, -0.25) is 0 Å². The predicted octanol–water partition coefficient (Wildman–Crippen LogP) is 4.09. The molecular weight excluding hydrogens is 278 g/mol. The fourth-order valence-corrected chi connectivity index (χ4v) is 3.65. The lowest BCUT2D eigenvalue weighted by Crippen LogP contribution is -1.96. The van der Waals surface area contributed by atoms with Crippen LogP contribution in [0.1, 0.15) is 10.6 Å². The first-order valence-electron chi connectivity index (χ1n) is 5.85. The molecule has 1 N–H and O–H groups in total. The van der Waals surface area contributed by atoms with Gasteiger partial charge in [0.15, 0.2) is 0 Å². The maximum absolute atomic E-state index is 5.33. The molecule has 0 spiro atoms. The van der Waals surface area contributed by atoms with Gasteiger partial charge in [0.05, 0.1) is 11.2 Å². The summed E-state index contributed by atoms with van der Waals surface area (Å²) in [6, 6.07) is 4.10. The molecule has 0 saturated heterocycles. The zero-order valence-electron chi connectivity index (χ0n) is 10.9. The molecule has 0 aromatic carbocycles. The number of fused-ring (bicyclic) bond motifs is 1. The molecule has 0 aliphatic rings. The van der Waals surface area contributed by atoms with E-state index >= 15 is 0 Å². The molecule has 3 rings (SSSR count). The molecule has 0 fully saturated rings. The Hall–Kier alpha value is -1.53. The fraction of sp³-hybridized carbons (Fsp3) is 0.231. The SMILES string of the molecule is CNc1nc(Sc2ccoc2C)c2cc(C)sc2n1. The van der Waals surface area contributed by atoms with Gasteiger partial charge < -0.3 is 9.73 Å². The van der Waals surface area contributed by atoms with Crippen molar-refractivity contribution in [3.8, 4) is 0 Å². The molecule has 0 atom stereocenters. The Morgan fingerprint density at radius 1 is 1.32 bits per heavy atom. The summed E-state index contributed by atoms with van der Waals surface area (Å²) in [7, 11) is 1.83. The van der Waals surface area contributed by atoms with Crippen molar-refractivity contribution in [3.05, 3.63) is 29.0 Å². The lowest BCUT2D eigenvalue weighted by molar-refractivity contribution is 0.527. The molecule has 3 aromatic heterocycles. The molecule has 6 heteroatoms. The number of anilines is 1. The summed E-state index contributed by atoms with van der Waals surface area (Å²) in [6.45, 7) is 4.04. The molecule has 0 radical (unpaired) electrons. The summed E-state index contributed by atoms with van der Waals surface area (Å²) in [6.07, 6.45) is 1.70. The Labute approximate surface area is 119 Å². The van der Waals surface area contributed by atoms with E-state index in [0.717, 1.165) is 25.9 Å². The zero-order chi connectivity index (χ0) is 13.4. The number of rotatable bonds is 3. The van der Waals surface area contributed by atoms with Crippen LogP contribution in [0.15, 0.2) is 32.7 Å². The minimum Gasteiger partial charge on any atom is -0.468 e. The molecule has 3 heterocycles. The van der Waals surface area contributed by atoms with E-state index in [9.17, 15) is 0 Å². The summed E-state index contributed by atoms with van der Waals surface area (Å²) in [5.41, 5.74) is 0. The van der Waals surface area contributed by atoms with Crippen LogP contribution in [-0.2, 0) is 0 Å². The highest BCUT2D eigenvalue weighted by molar-refractivity contribution is 7.99. The maximum atomic E-state index is 5.33. The van der Waals surface area contributed by atoms with Gasteiger partial charge in [-0.15, -0.1) is 11.3 Å². The smallest absolute Gasteiger partial charge is 0.224 e. The Balaban J connectivity index is 2.13. The molecular formula is C13H13N3OS2. The molecule has 0 unspecified atom stereocenters. The Bertz CT molecular complexity index is 733. The lowest BCUT2D eigenvalue weighted by Gasteiger charge is -2.04. The van der Waals surface area contributed by atoms with Crippen molar-refractivity contribution >= 4 is 39.3 Å². The molecule has 98 valence electrons. The van der Waals surface area contributed by atoms with Crippen molar-refractivity contribution in [3.63, 3.8) is 0 Å². The summed E-state index contributed by atoms with van der Waals surface area (Å²) < 4.78 is 5.33. The van der Waals surface area contributed by atoms with Crippen LogP contribution in [0.25, 0.3) is 10.2 Å².